The summed E-state index contributed by atoms with van der Waals surface area (Å²) < 4.78 is 1.45. The predicted octanol–water partition coefficient (Wildman–Crippen LogP) is 2.46. The molecule has 2 N–H and O–H groups in total. The largest absolute Gasteiger partial charge is 0.481 e. The molecule has 1 amide bonds. The molecule has 0 saturated carbocycles. The molecule has 0 unspecified atom stereocenters. The fourth-order valence-electron chi connectivity index (χ4n) is 2.36. The van der Waals surface area contributed by atoms with Crippen LogP contribution in [-0.2, 0) is 11.3 Å². The number of nitrogens with one attached hydrogen (secondary N) is 1. The molecule has 1 aromatic heterocycles. The van der Waals surface area contributed by atoms with Crippen molar-refractivity contribution in [3.05, 3.63) is 42.2 Å². The molecule has 7 nitrogen and oxygen atoms in total. The molecule has 0 aliphatic carbocycles. The van der Waals surface area contributed by atoms with Crippen LogP contribution in [0.3, 0.4) is 0 Å². The van der Waals surface area contributed by atoms with Gasteiger partial charge in [-0.15, -0.1) is 0 Å². The van der Waals surface area contributed by atoms with Crippen LogP contribution >= 0.6 is 0 Å². The standard InChI is InChI=1S/C17H22N4O3/c1-3-20(4-2)15-7-5-14(6-8-15)19-17(24)13-11-18-21(12-13)10-9-16(22)23/h5-8,11-12H,3-4,9-10H2,1-2H3,(H,19,24)(H,22,23). The summed E-state index contributed by atoms with van der Waals surface area (Å²) in [6, 6.07) is 7.67. The Morgan fingerprint density at radius 1 is 1.21 bits per heavy atom. The van der Waals surface area contributed by atoms with E-state index in [9.17, 15) is 9.59 Å². The summed E-state index contributed by atoms with van der Waals surface area (Å²) in [5, 5.41) is 15.5. The first-order valence-electron chi connectivity index (χ1n) is 7.94. The van der Waals surface area contributed by atoms with Crippen LogP contribution in [0.15, 0.2) is 36.7 Å². The summed E-state index contributed by atoms with van der Waals surface area (Å²) in [7, 11) is 0. The zero-order valence-electron chi connectivity index (χ0n) is 13.9. The molecule has 2 rings (SSSR count). The van der Waals surface area contributed by atoms with Gasteiger partial charge in [-0.3, -0.25) is 14.3 Å². The molecule has 7 heteroatoms. The number of carboxylic acids is 1. The summed E-state index contributed by atoms with van der Waals surface area (Å²) in [6.45, 7) is 6.29. The monoisotopic (exact) mass is 330 g/mol. The van der Waals surface area contributed by atoms with Crippen LogP contribution in [0.25, 0.3) is 0 Å². The van der Waals surface area contributed by atoms with Crippen molar-refractivity contribution in [1.82, 2.24) is 9.78 Å². The molecule has 0 bridgehead atoms. The van der Waals surface area contributed by atoms with Crippen molar-refractivity contribution in [1.29, 1.82) is 0 Å². The van der Waals surface area contributed by atoms with Crippen LogP contribution in [0.2, 0.25) is 0 Å². The Kier molecular flexibility index (Phi) is 5.95. The summed E-state index contributed by atoms with van der Waals surface area (Å²) in [5.74, 6) is -1.17. The summed E-state index contributed by atoms with van der Waals surface area (Å²) in [4.78, 5) is 25.0. The molecule has 0 aliphatic heterocycles. The first kappa shape index (κ1) is 17.5. The van der Waals surface area contributed by atoms with E-state index in [4.69, 9.17) is 5.11 Å². The van der Waals surface area contributed by atoms with Gasteiger partial charge in [0.1, 0.15) is 0 Å². The minimum Gasteiger partial charge on any atom is -0.481 e. The molecule has 0 fully saturated rings. The normalized spacial score (nSPS) is 10.4. The second-order valence-corrected chi connectivity index (χ2v) is 5.31. The van der Waals surface area contributed by atoms with Gasteiger partial charge in [0.25, 0.3) is 5.91 Å². The lowest BCUT2D eigenvalue weighted by atomic mass is 10.2. The lowest BCUT2D eigenvalue weighted by Gasteiger charge is -2.21. The van der Waals surface area contributed by atoms with E-state index in [1.165, 1.54) is 10.9 Å². The molecule has 1 aromatic carbocycles. The van der Waals surface area contributed by atoms with Crippen molar-refractivity contribution < 1.29 is 14.7 Å². The number of hydrogen-bond acceptors (Lipinski definition) is 4. The van der Waals surface area contributed by atoms with Gasteiger partial charge in [0.2, 0.25) is 0 Å². The number of anilines is 2. The van der Waals surface area contributed by atoms with Crippen molar-refractivity contribution in [2.75, 3.05) is 23.3 Å². The van der Waals surface area contributed by atoms with Gasteiger partial charge in [-0.25, -0.2) is 0 Å². The van der Waals surface area contributed by atoms with Gasteiger partial charge in [-0.1, -0.05) is 0 Å². The number of hydrogen-bond donors (Lipinski definition) is 2. The Morgan fingerprint density at radius 2 is 1.88 bits per heavy atom. The fourth-order valence-corrected chi connectivity index (χ4v) is 2.36. The van der Waals surface area contributed by atoms with Crippen LogP contribution in [0.5, 0.6) is 0 Å². The number of aromatic nitrogens is 2. The average molecular weight is 330 g/mol. The second kappa shape index (κ2) is 8.14. The SMILES string of the molecule is CCN(CC)c1ccc(NC(=O)c2cnn(CCC(=O)O)c2)cc1. The van der Waals surface area contributed by atoms with E-state index in [1.807, 2.05) is 24.3 Å². The number of aliphatic carboxylic acids is 1. The van der Waals surface area contributed by atoms with Gasteiger partial charge in [-0.05, 0) is 38.1 Å². The summed E-state index contributed by atoms with van der Waals surface area (Å²) in [5.41, 5.74) is 2.21. The highest BCUT2D eigenvalue weighted by atomic mass is 16.4. The molecule has 1 heterocycles. The van der Waals surface area contributed by atoms with Gasteiger partial charge >= 0.3 is 5.97 Å². The molecule has 128 valence electrons. The minimum atomic E-state index is -0.898. The number of rotatable bonds is 8. The Labute approximate surface area is 140 Å². The number of carbonyl (C=O) groups is 2. The Bertz CT molecular complexity index is 690. The fraction of sp³-hybridized carbons (Fsp3) is 0.353. The topological polar surface area (TPSA) is 87.5 Å². The number of nitrogens with zero attached hydrogens (tertiary/aromatic N) is 3. The molecule has 24 heavy (non-hydrogen) atoms. The van der Waals surface area contributed by atoms with Gasteiger partial charge < -0.3 is 15.3 Å². The molecular weight excluding hydrogens is 308 g/mol. The highest BCUT2D eigenvalue weighted by Crippen LogP contribution is 2.18. The Balaban J connectivity index is 1.98. The predicted molar refractivity (Wildman–Crippen MR) is 92.4 cm³/mol. The van der Waals surface area contributed by atoms with E-state index in [0.717, 1.165) is 18.8 Å². The van der Waals surface area contributed by atoms with Crippen LogP contribution in [0, 0.1) is 0 Å². The first-order valence-corrected chi connectivity index (χ1v) is 7.94. The third-order valence-corrected chi connectivity index (χ3v) is 3.70. The molecule has 0 atom stereocenters. The number of carboxylic acid groups (broad SMARTS) is 1. The van der Waals surface area contributed by atoms with Gasteiger partial charge in [0.15, 0.2) is 0 Å². The van der Waals surface area contributed by atoms with Crippen LogP contribution in [0.4, 0.5) is 11.4 Å². The Morgan fingerprint density at radius 3 is 2.46 bits per heavy atom. The average Bonchev–Trinajstić information content (AvgIpc) is 3.05. The number of amides is 1. The molecule has 0 aliphatic rings. The van der Waals surface area contributed by atoms with Gasteiger partial charge in [0, 0.05) is 30.7 Å². The van der Waals surface area contributed by atoms with E-state index in [-0.39, 0.29) is 18.9 Å². The van der Waals surface area contributed by atoms with Crippen molar-refractivity contribution in [2.45, 2.75) is 26.8 Å². The highest BCUT2D eigenvalue weighted by Gasteiger charge is 2.10. The smallest absolute Gasteiger partial charge is 0.305 e. The molecular formula is C17H22N4O3. The van der Waals surface area contributed by atoms with E-state index < -0.39 is 5.97 Å². The molecule has 0 saturated heterocycles. The third-order valence-electron chi connectivity index (χ3n) is 3.70. The number of aryl methyl sites for hydroxylation is 1. The van der Waals surface area contributed by atoms with Gasteiger partial charge in [-0.2, -0.15) is 5.10 Å². The van der Waals surface area contributed by atoms with E-state index in [0.29, 0.717) is 11.3 Å². The highest BCUT2D eigenvalue weighted by molar-refractivity contribution is 6.04. The third kappa shape index (κ3) is 4.58. The molecule has 0 radical (unpaired) electrons. The van der Waals surface area contributed by atoms with Crippen LogP contribution in [-0.4, -0.2) is 39.9 Å². The minimum absolute atomic E-state index is 0.0322. The van der Waals surface area contributed by atoms with Crippen molar-refractivity contribution >= 4 is 23.3 Å². The van der Waals surface area contributed by atoms with Gasteiger partial charge in [0.05, 0.1) is 24.7 Å². The van der Waals surface area contributed by atoms with Crippen molar-refractivity contribution in [2.24, 2.45) is 0 Å². The van der Waals surface area contributed by atoms with Crippen LogP contribution < -0.4 is 10.2 Å². The Hall–Kier alpha value is -2.83. The second-order valence-electron chi connectivity index (χ2n) is 5.31. The van der Waals surface area contributed by atoms with Crippen molar-refractivity contribution in [3.8, 4) is 0 Å². The summed E-state index contributed by atoms with van der Waals surface area (Å²) in [6.07, 6.45) is 2.94. The van der Waals surface area contributed by atoms with E-state index >= 15 is 0 Å². The first-order chi connectivity index (χ1) is 11.5. The zero-order chi connectivity index (χ0) is 17.5. The zero-order valence-corrected chi connectivity index (χ0v) is 13.9. The van der Waals surface area contributed by atoms with Crippen molar-refractivity contribution in [3.63, 3.8) is 0 Å². The van der Waals surface area contributed by atoms with E-state index in [2.05, 4.69) is 29.2 Å². The summed E-state index contributed by atoms with van der Waals surface area (Å²) >= 11 is 0. The van der Waals surface area contributed by atoms with E-state index in [1.54, 1.807) is 6.20 Å². The quantitative estimate of drug-likeness (QED) is 0.776. The van der Waals surface area contributed by atoms with Crippen LogP contribution in [0.1, 0.15) is 30.6 Å². The maximum absolute atomic E-state index is 12.2. The molecule has 2 aromatic rings. The maximum atomic E-state index is 12.2. The lowest BCUT2D eigenvalue weighted by molar-refractivity contribution is -0.137. The number of carbonyl (C=O) groups excluding carboxylic acids is 1. The lowest BCUT2D eigenvalue weighted by Crippen LogP contribution is -2.21. The number of benzene rings is 1. The maximum Gasteiger partial charge on any atom is 0.305 e. The molecule has 0 spiro atoms.